The Labute approximate surface area is 123 Å². The van der Waals surface area contributed by atoms with E-state index in [1.807, 2.05) is 20.9 Å². The Balaban J connectivity index is 2.46. The van der Waals surface area contributed by atoms with Crippen LogP contribution in [0, 0.1) is 19.8 Å². The second-order valence-electron chi connectivity index (χ2n) is 5.38. The lowest BCUT2D eigenvalue weighted by molar-refractivity contribution is -0.142. The normalized spacial score (nSPS) is 22.1. The third-order valence-electron chi connectivity index (χ3n) is 4.15. The molecule has 0 aliphatic carbocycles. The van der Waals surface area contributed by atoms with Crippen molar-refractivity contribution in [2.45, 2.75) is 26.3 Å². The molecule has 1 aliphatic heterocycles. The molecule has 1 N–H and O–H groups in total. The molecule has 1 saturated heterocycles. The number of carboxylic acid groups (broad SMARTS) is 1. The number of aliphatic carboxylic acids is 1. The maximum Gasteiger partial charge on any atom is 0.309 e. The lowest BCUT2D eigenvalue weighted by atomic mass is 9.92. The zero-order valence-electron chi connectivity index (χ0n) is 12.8. The molecule has 2 heterocycles. The molecule has 0 saturated carbocycles. The summed E-state index contributed by atoms with van der Waals surface area (Å²) in [5, 5.41) is 13.8. The Bertz CT molecular complexity index is 567. The van der Waals surface area contributed by atoms with Crippen LogP contribution in [0.4, 0.5) is 0 Å². The number of ether oxygens (including phenoxy) is 1. The van der Waals surface area contributed by atoms with Crippen molar-refractivity contribution in [3.8, 4) is 0 Å². The van der Waals surface area contributed by atoms with Gasteiger partial charge in [0, 0.05) is 38.4 Å². The number of amides is 1. The van der Waals surface area contributed by atoms with Gasteiger partial charge < -0.3 is 14.7 Å². The predicted molar refractivity (Wildman–Crippen MR) is 74.8 cm³/mol. The molecule has 116 valence electrons. The Morgan fingerprint density at radius 1 is 1.48 bits per heavy atom. The first kappa shape index (κ1) is 15.5. The molecule has 0 bridgehead atoms. The Morgan fingerprint density at radius 2 is 2.14 bits per heavy atom. The number of hydrogen-bond donors (Lipinski definition) is 1. The van der Waals surface area contributed by atoms with Gasteiger partial charge in [0.1, 0.15) is 0 Å². The maximum atomic E-state index is 12.2. The van der Waals surface area contributed by atoms with Crippen LogP contribution >= 0.6 is 0 Å². The molecule has 2 atom stereocenters. The molecule has 0 spiro atoms. The van der Waals surface area contributed by atoms with Crippen molar-refractivity contribution in [3.05, 3.63) is 17.0 Å². The van der Waals surface area contributed by atoms with E-state index >= 15 is 0 Å². The van der Waals surface area contributed by atoms with E-state index in [1.165, 1.54) is 0 Å². The highest BCUT2D eigenvalue weighted by molar-refractivity contribution is 5.87. The fourth-order valence-electron chi connectivity index (χ4n) is 3.04. The predicted octanol–water partition coefficient (Wildman–Crippen LogP) is 0.658. The third-order valence-corrected chi connectivity index (χ3v) is 4.15. The quantitative estimate of drug-likeness (QED) is 0.862. The fourth-order valence-corrected chi connectivity index (χ4v) is 3.04. The molecule has 1 aliphatic rings. The van der Waals surface area contributed by atoms with E-state index in [-0.39, 0.29) is 12.3 Å². The summed E-state index contributed by atoms with van der Waals surface area (Å²) in [5.41, 5.74) is 2.50. The molecule has 1 aromatic heterocycles. The molecule has 0 radical (unpaired) electrons. The molecule has 1 aromatic rings. The molecule has 1 fully saturated rings. The minimum Gasteiger partial charge on any atom is -0.481 e. The summed E-state index contributed by atoms with van der Waals surface area (Å²) in [6, 6.07) is -0.473. The number of nitrogens with zero attached hydrogens (tertiary/aromatic N) is 3. The first-order valence-electron chi connectivity index (χ1n) is 6.89. The maximum absolute atomic E-state index is 12.2. The molecule has 0 aromatic carbocycles. The van der Waals surface area contributed by atoms with Crippen LogP contribution in [-0.4, -0.2) is 51.9 Å². The third kappa shape index (κ3) is 2.65. The largest absolute Gasteiger partial charge is 0.481 e. The van der Waals surface area contributed by atoms with Crippen LogP contribution in [0.2, 0.25) is 0 Å². The summed E-state index contributed by atoms with van der Waals surface area (Å²) >= 11 is 0. The number of hydrogen-bond acceptors (Lipinski definition) is 4. The van der Waals surface area contributed by atoms with Crippen LogP contribution in [0.1, 0.15) is 29.4 Å². The Kier molecular flexibility index (Phi) is 4.32. The summed E-state index contributed by atoms with van der Waals surface area (Å²) in [7, 11) is 3.38. The fraction of sp³-hybridized carbons (Fsp3) is 0.643. The van der Waals surface area contributed by atoms with Crippen LogP contribution in [-0.2, 0) is 21.4 Å². The molecule has 2 rings (SSSR count). The van der Waals surface area contributed by atoms with Crippen LogP contribution in [0.25, 0.3) is 0 Å². The second kappa shape index (κ2) is 5.85. The number of carboxylic acids is 1. The van der Waals surface area contributed by atoms with Gasteiger partial charge in [-0.1, -0.05) is 0 Å². The molecule has 2 unspecified atom stereocenters. The van der Waals surface area contributed by atoms with Gasteiger partial charge in [-0.25, -0.2) is 0 Å². The Hall–Kier alpha value is -1.89. The van der Waals surface area contributed by atoms with Gasteiger partial charge in [-0.05, 0) is 13.8 Å². The van der Waals surface area contributed by atoms with Crippen molar-refractivity contribution in [3.63, 3.8) is 0 Å². The molecule has 7 heteroatoms. The van der Waals surface area contributed by atoms with Crippen molar-refractivity contribution in [1.82, 2.24) is 14.7 Å². The van der Waals surface area contributed by atoms with E-state index in [4.69, 9.17) is 4.74 Å². The summed E-state index contributed by atoms with van der Waals surface area (Å²) in [4.78, 5) is 25.3. The van der Waals surface area contributed by atoms with Crippen LogP contribution in [0.3, 0.4) is 0 Å². The standard InChI is InChI=1S/C14H21N3O4/c1-8-12(9(2)16(3)15-8)13-10(14(19)20)7-11(18)17(13)5-6-21-4/h10,13H,5-7H2,1-4H3,(H,19,20). The van der Waals surface area contributed by atoms with E-state index in [0.717, 1.165) is 17.0 Å². The number of likely N-dealkylation sites (tertiary alicyclic amines) is 1. The summed E-state index contributed by atoms with van der Waals surface area (Å²) < 4.78 is 6.76. The van der Waals surface area contributed by atoms with Gasteiger partial charge in [-0.2, -0.15) is 5.10 Å². The number of aryl methyl sites for hydroxylation is 2. The average Bonchev–Trinajstić information content (AvgIpc) is 2.85. The molecule has 1 amide bonds. The lowest BCUT2D eigenvalue weighted by Gasteiger charge is -2.27. The van der Waals surface area contributed by atoms with Gasteiger partial charge in [0.15, 0.2) is 0 Å². The van der Waals surface area contributed by atoms with E-state index in [1.54, 1.807) is 16.7 Å². The first-order chi connectivity index (χ1) is 9.88. The average molecular weight is 295 g/mol. The van der Waals surface area contributed by atoms with E-state index in [0.29, 0.717) is 13.2 Å². The molecule has 7 nitrogen and oxygen atoms in total. The van der Waals surface area contributed by atoms with Gasteiger partial charge in [0.2, 0.25) is 5.91 Å². The summed E-state index contributed by atoms with van der Waals surface area (Å²) in [6.45, 7) is 4.51. The van der Waals surface area contributed by atoms with Gasteiger partial charge in [0.25, 0.3) is 0 Å². The second-order valence-corrected chi connectivity index (χ2v) is 5.38. The zero-order valence-corrected chi connectivity index (χ0v) is 12.8. The highest BCUT2D eigenvalue weighted by Gasteiger charge is 2.46. The smallest absolute Gasteiger partial charge is 0.309 e. The molecule has 21 heavy (non-hydrogen) atoms. The van der Waals surface area contributed by atoms with Crippen molar-refractivity contribution in [2.75, 3.05) is 20.3 Å². The van der Waals surface area contributed by atoms with Gasteiger partial charge >= 0.3 is 5.97 Å². The van der Waals surface area contributed by atoms with Crippen molar-refractivity contribution < 1.29 is 19.4 Å². The number of aromatic nitrogens is 2. The number of carbonyl (C=O) groups is 2. The van der Waals surface area contributed by atoms with Crippen molar-refractivity contribution >= 4 is 11.9 Å². The molecular formula is C14H21N3O4. The topological polar surface area (TPSA) is 84.7 Å². The zero-order chi connectivity index (χ0) is 15.7. The Morgan fingerprint density at radius 3 is 2.62 bits per heavy atom. The summed E-state index contributed by atoms with van der Waals surface area (Å²) in [6.07, 6.45) is 0.0253. The minimum atomic E-state index is -0.948. The lowest BCUT2D eigenvalue weighted by Crippen LogP contribution is -2.33. The van der Waals surface area contributed by atoms with E-state index in [2.05, 4.69) is 5.10 Å². The summed E-state index contributed by atoms with van der Waals surface area (Å²) in [5.74, 6) is -1.83. The number of rotatable bonds is 5. The molecular weight excluding hydrogens is 274 g/mol. The number of methoxy groups -OCH3 is 1. The number of carbonyl (C=O) groups excluding carboxylic acids is 1. The van der Waals surface area contributed by atoms with E-state index in [9.17, 15) is 14.7 Å². The SMILES string of the molecule is COCCN1C(=O)CC(C(=O)O)C1c1c(C)nn(C)c1C. The van der Waals surface area contributed by atoms with Crippen LogP contribution in [0.15, 0.2) is 0 Å². The van der Waals surface area contributed by atoms with Gasteiger partial charge in [-0.15, -0.1) is 0 Å². The van der Waals surface area contributed by atoms with E-state index < -0.39 is 17.9 Å². The van der Waals surface area contributed by atoms with Crippen LogP contribution < -0.4 is 0 Å². The first-order valence-corrected chi connectivity index (χ1v) is 6.89. The van der Waals surface area contributed by atoms with Crippen molar-refractivity contribution in [1.29, 1.82) is 0 Å². The highest BCUT2D eigenvalue weighted by atomic mass is 16.5. The monoisotopic (exact) mass is 295 g/mol. The van der Waals surface area contributed by atoms with Gasteiger partial charge in [-0.3, -0.25) is 14.3 Å². The highest BCUT2D eigenvalue weighted by Crippen LogP contribution is 2.40. The minimum absolute atomic E-state index is 0.0253. The van der Waals surface area contributed by atoms with Crippen molar-refractivity contribution in [2.24, 2.45) is 13.0 Å². The van der Waals surface area contributed by atoms with Gasteiger partial charge in [0.05, 0.1) is 24.3 Å². The van der Waals surface area contributed by atoms with Crippen LogP contribution in [0.5, 0.6) is 0 Å².